The van der Waals surface area contributed by atoms with Crippen LogP contribution in [0.1, 0.15) is 24.0 Å². The topological polar surface area (TPSA) is 120 Å². The molecule has 1 aromatic heterocycles. The number of carbonyl (C=O) groups excluding carboxylic acids is 2. The Morgan fingerprint density at radius 3 is 2.70 bits per heavy atom. The van der Waals surface area contributed by atoms with E-state index in [4.69, 9.17) is 4.74 Å². The number of imidazole rings is 1. The predicted octanol–water partition coefficient (Wildman–Crippen LogP) is 3.83. The molecule has 2 aliphatic heterocycles. The predicted molar refractivity (Wildman–Crippen MR) is 135 cm³/mol. The minimum absolute atomic E-state index is 0.134. The summed E-state index contributed by atoms with van der Waals surface area (Å²) in [5, 5.41) is 12.7. The number of ether oxygens (including phenoxy) is 2. The molecule has 5 rings (SSSR count). The van der Waals surface area contributed by atoms with Gasteiger partial charge in [-0.05, 0) is 60.7 Å². The molecule has 0 saturated carbocycles. The lowest BCUT2D eigenvalue weighted by atomic mass is 9.93. The number of likely N-dealkylation sites (tertiary alicyclic amines) is 1. The van der Waals surface area contributed by atoms with Gasteiger partial charge in [0.25, 0.3) is 0 Å². The Morgan fingerprint density at radius 2 is 1.97 bits per heavy atom. The lowest BCUT2D eigenvalue weighted by molar-refractivity contribution is -0.0329. The van der Waals surface area contributed by atoms with Crippen molar-refractivity contribution in [2.75, 3.05) is 45.3 Å². The van der Waals surface area contributed by atoms with E-state index in [0.717, 1.165) is 33.5 Å². The van der Waals surface area contributed by atoms with Gasteiger partial charge < -0.3 is 29.4 Å². The zero-order valence-corrected chi connectivity index (χ0v) is 20.8. The maximum absolute atomic E-state index is 13.3. The maximum atomic E-state index is 13.3. The van der Waals surface area contributed by atoms with Crippen LogP contribution >= 0.6 is 0 Å². The van der Waals surface area contributed by atoms with E-state index in [-0.39, 0.29) is 18.9 Å². The number of aromatic nitrogens is 2. The fourth-order valence-corrected chi connectivity index (χ4v) is 4.89. The second-order valence-electron chi connectivity index (χ2n) is 9.61. The summed E-state index contributed by atoms with van der Waals surface area (Å²) in [6.45, 7) is 3.01. The third-order valence-electron chi connectivity index (χ3n) is 7.03. The Hall–Kier alpha value is -3.86. The normalized spacial score (nSPS) is 17.1. The maximum Gasteiger partial charge on any atom is 0.413 e. The Kier molecular flexibility index (Phi) is 6.63. The van der Waals surface area contributed by atoms with Crippen LogP contribution < -0.4 is 10.1 Å². The molecule has 1 fully saturated rings. The molecule has 3 N–H and O–H groups in total. The SMILES string of the molecule is COC(=O)Nc1nc2ccc(-c3cc(C)c4c(c3)CN(C(=O)N3CCC(O)(CF)CC3)CCO4)cc2[nH]1. The van der Waals surface area contributed by atoms with E-state index in [1.807, 2.05) is 37.3 Å². The molecule has 10 nitrogen and oxygen atoms in total. The highest BCUT2D eigenvalue weighted by Gasteiger charge is 2.35. The van der Waals surface area contributed by atoms with Crippen LogP contribution in [0.2, 0.25) is 0 Å². The Bertz CT molecular complexity index is 1330. The molecule has 37 heavy (non-hydrogen) atoms. The van der Waals surface area contributed by atoms with E-state index < -0.39 is 18.4 Å². The number of urea groups is 1. The molecule has 0 spiro atoms. The van der Waals surface area contributed by atoms with Crippen molar-refractivity contribution in [3.63, 3.8) is 0 Å². The minimum atomic E-state index is -1.33. The van der Waals surface area contributed by atoms with Crippen molar-refractivity contribution in [3.05, 3.63) is 41.5 Å². The number of hydrogen-bond donors (Lipinski definition) is 3. The molecule has 0 unspecified atom stereocenters. The molecule has 3 aromatic rings. The summed E-state index contributed by atoms with van der Waals surface area (Å²) < 4.78 is 23.8. The summed E-state index contributed by atoms with van der Waals surface area (Å²) >= 11 is 0. The Labute approximate surface area is 213 Å². The summed E-state index contributed by atoms with van der Waals surface area (Å²) in [7, 11) is 1.29. The van der Waals surface area contributed by atoms with Gasteiger partial charge in [-0.25, -0.2) is 19.0 Å². The summed E-state index contributed by atoms with van der Waals surface area (Å²) in [6, 6.07) is 9.70. The van der Waals surface area contributed by atoms with E-state index in [2.05, 4.69) is 20.0 Å². The highest BCUT2D eigenvalue weighted by molar-refractivity contribution is 5.88. The fraction of sp³-hybridized carbons (Fsp3) is 0.423. The molecule has 0 bridgehead atoms. The number of benzene rings is 2. The number of halogens is 1. The van der Waals surface area contributed by atoms with Gasteiger partial charge in [-0.2, -0.15) is 0 Å². The third-order valence-corrected chi connectivity index (χ3v) is 7.03. The van der Waals surface area contributed by atoms with Crippen molar-refractivity contribution in [1.29, 1.82) is 0 Å². The summed E-state index contributed by atoms with van der Waals surface area (Å²) in [6.07, 6.45) is -0.152. The van der Waals surface area contributed by atoms with E-state index in [1.165, 1.54) is 7.11 Å². The summed E-state index contributed by atoms with van der Waals surface area (Å²) in [5.41, 5.74) is 3.88. The number of alkyl halides is 1. The average Bonchev–Trinajstić information content (AvgIpc) is 3.16. The highest BCUT2D eigenvalue weighted by Crippen LogP contribution is 2.34. The zero-order chi connectivity index (χ0) is 26.2. The van der Waals surface area contributed by atoms with E-state index in [0.29, 0.717) is 44.3 Å². The van der Waals surface area contributed by atoms with Crippen LogP contribution in [0.4, 0.5) is 19.9 Å². The second-order valence-corrected chi connectivity index (χ2v) is 9.61. The van der Waals surface area contributed by atoms with Crippen LogP contribution in [0, 0.1) is 6.92 Å². The quantitative estimate of drug-likeness (QED) is 0.492. The van der Waals surface area contributed by atoms with Crippen molar-refractivity contribution in [3.8, 4) is 16.9 Å². The van der Waals surface area contributed by atoms with Gasteiger partial charge in [-0.15, -0.1) is 0 Å². The van der Waals surface area contributed by atoms with Crippen LogP contribution in [-0.4, -0.2) is 82.6 Å². The molecule has 2 aliphatic rings. The molecule has 2 aromatic carbocycles. The largest absolute Gasteiger partial charge is 0.491 e. The van der Waals surface area contributed by atoms with Gasteiger partial charge in [0.15, 0.2) is 0 Å². The van der Waals surface area contributed by atoms with Crippen LogP contribution in [0.5, 0.6) is 5.75 Å². The first-order valence-corrected chi connectivity index (χ1v) is 12.2. The first-order valence-electron chi connectivity index (χ1n) is 12.2. The molecule has 1 saturated heterocycles. The molecule has 0 radical (unpaired) electrons. The molecule has 0 aliphatic carbocycles. The number of nitrogens with one attached hydrogen (secondary N) is 2. The number of rotatable bonds is 3. The first kappa shape index (κ1) is 24.8. The molecule has 11 heteroatoms. The van der Waals surface area contributed by atoms with Crippen molar-refractivity contribution < 1.29 is 28.6 Å². The lowest BCUT2D eigenvalue weighted by Gasteiger charge is -2.38. The van der Waals surface area contributed by atoms with Crippen molar-refractivity contribution in [1.82, 2.24) is 19.8 Å². The number of anilines is 1. The number of H-pyrrole nitrogens is 1. The number of fused-ring (bicyclic) bond motifs is 2. The standard InChI is InChI=1S/C26H30FN5O5/c1-16-11-18(17-3-4-20-21(13-17)29-23(28-20)30-24(33)36-2)12-19-14-32(9-10-37-22(16)19)25(34)31-7-5-26(35,15-27)6-8-31/h3-4,11-13,35H,5-10,14-15H2,1-2H3,(H2,28,29,30,33). The van der Waals surface area contributed by atoms with E-state index >= 15 is 0 Å². The number of aromatic amines is 1. The number of aryl methyl sites for hydroxylation is 1. The second kappa shape index (κ2) is 9.89. The summed E-state index contributed by atoms with van der Waals surface area (Å²) in [5.74, 6) is 1.07. The zero-order valence-electron chi connectivity index (χ0n) is 20.8. The van der Waals surface area contributed by atoms with E-state index in [9.17, 15) is 19.1 Å². The number of methoxy groups -OCH3 is 1. The van der Waals surface area contributed by atoms with Crippen molar-refractivity contribution >= 4 is 29.1 Å². The number of nitrogens with zero attached hydrogens (tertiary/aromatic N) is 3. The number of hydrogen-bond acceptors (Lipinski definition) is 6. The van der Waals surface area contributed by atoms with Gasteiger partial charge in [-0.3, -0.25) is 5.32 Å². The molecule has 0 atom stereocenters. The molecule has 3 heterocycles. The van der Waals surface area contributed by atoms with Crippen LogP contribution in [0.3, 0.4) is 0 Å². The average molecular weight is 512 g/mol. The number of carbonyl (C=O) groups is 2. The van der Waals surface area contributed by atoms with Gasteiger partial charge >= 0.3 is 12.1 Å². The van der Waals surface area contributed by atoms with E-state index in [1.54, 1.807) is 9.80 Å². The van der Waals surface area contributed by atoms with Crippen LogP contribution in [0.15, 0.2) is 30.3 Å². The highest BCUT2D eigenvalue weighted by atomic mass is 19.1. The fourth-order valence-electron chi connectivity index (χ4n) is 4.89. The lowest BCUT2D eigenvalue weighted by Crippen LogP contribution is -2.52. The van der Waals surface area contributed by atoms with Gasteiger partial charge in [-0.1, -0.05) is 6.07 Å². The molecular formula is C26H30FN5O5. The van der Waals surface area contributed by atoms with Gasteiger partial charge in [0, 0.05) is 18.7 Å². The van der Waals surface area contributed by atoms with Crippen LogP contribution in [0.25, 0.3) is 22.2 Å². The van der Waals surface area contributed by atoms with Gasteiger partial charge in [0.2, 0.25) is 5.95 Å². The number of amides is 3. The van der Waals surface area contributed by atoms with Crippen molar-refractivity contribution in [2.45, 2.75) is 31.9 Å². The van der Waals surface area contributed by atoms with Crippen LogP contribution in [-0.2, 0) is 11.3 Å². The first-order chi connectivity index (χ1) is 17.8. The monoisotopic (exact) mass is 511 g/mol. The van der Waals surface area contributed by atoms with Gasteiger partial charge in [0.05, 0.1) is 36.8 Å². The third kappa shape index (κ3) is 5.04. The molecule has 3 amide bonds. The summed E-state index contributed by atoms with van der Waals surface area (Å²) in [4.78, 5) is 35.6. The molecule has 196 valence electrons. The Balaban J connectivity index is 1.38. The number of piperidine rings is 1. The minimum Gasteiger partial charge on any atom is -0.491 e. The van der Waals surface area contributed by atoms with Crippen molar-refractivity contribution in [2.24, 2.45) is 0 Å². The molecular weight excluding hydrogens is 481 g/mol. The van der Waals surface area contributed by atoms with Gasteiger partial charge in [0.1, 0.15) is 19.0 Å². The number of aliphatic hydroxyl groups is 1. The Morgan fingerprint density at radius 1 is 1.19 bits per heavy atom. The smallest absolute Gasteiger partial charge is 0.413 e.